The molecule has 0 bridgehead atoms. The number of allylic oxidation sites excluding steroid dienone is 1. The van der Waals surface area contributed by atoms with Crippen LogP contribution in [0.25, 0.3) is 0 Å². The first-order chi connectivity index (χ1) is 3.41. The molecule has 0 aliphatic heterocycles. The predicted octanol–water partition coefficient (Wildman–Crippen LogP) is -6.14. The molecule has 0 heterocycles. The Bertz CT molecular complexity index is 133. The van der Waals surface area contributed by atoms with Crippen molar-refractivity contribution in [1.82, 2.24) is 0 Å². The fourth-order valence-corrected chi connectivity index (χ4v) is 0. The van der Waals surface area contributed by atoms with E-state index in [1.165, 1.54) is 0 Å². The summed E-state index contributed by atoms with van der Waals surface area (Å²) < 4.78 is 34.1. The number of hydrogen-bond acceptors (Lipinski definition) is 4. The van der Waals surface area contributed by atoms with Gasteiger partial charge in [-0.05, 0) is 6.92 Å². The number of rotatable bonds is 0. The zero-order valence-corrected chi connectivity index (χ0v) is 11.1. The molecule has 0 aliphatic carbocycles. The second-order valence-electron chi connectivity index (χ2n) is 0.816. The maximum Gasteiger partial charge on any atom is 1.00 e. The zero-order chi connectivity index (χ0) is 7.21. The van der Waals surface area contributed by atoms with Gasteiger partial charge in [0.25, 0.3) is 0 Å². The topological polar surface area (TPSA) is 80.3 Å². The van der Waals surface area contributed by atoms with Gasteiger partial charge in [0.05, 0.1) is 0 Å². The molecule has 50 valence electrons. The summed E-state index contributed by atoms with van der Waals surface area (Å²) in [6, 6.07) is 0. The standard InChI is InChI=1S/C3H6.2Na.H2O4S/c1-3-2;;;1-5(2,3)4/h3H,1H2,2H3;;;(H2,1,2,3,4)/q;2*+1;/p-2. The third kappa shape index (κ3) is 275. The summed E-state index contributed by atoms with van der Waals surface area (Å²) in [7, 11) is -5.17. The van der Waals surface area contributed by atoms with Crippen molar-refractivity contribution in [3.63, 3.8) is 0 Å². The smallest absolute Gasteiger partial charge is 0.759 e. The van der Waals surface area contributed by atoms with Gasteiger partial charge in [0.2, 0.25) is 0 Å². The summed E-state index contributed by atoms with van der Waals surface area (Å²) in [5.41, 5.74) is 0. The van der Waals surface area contributed by atoms with Crippen molar-refractivity contribution in [2.45, 2.75) is 6.92 Å². The van der Waals surface area contributed by atoms with E-state index in [9.17, 15) is 0 Å². The van der Waals surface area contributed by atoms with Crippen LogP contribution in [0.2, 0.25) is 0 Å². The van der Waals surface area contributed by atoms with Crippen LogP contribution in [0.15, 0.2) is 12.7 Å². The van der Waals surface area contributed by atoms with E-state index in [1.54, 1.807) is 6.08 Å². The van der Waals surface area contributed by atoms with E-state index in [0.717, 1.165) is 0 Å². The Morgan fingerprint density at radius 3 is 1.30 bits per heavy atom. The first kappa shape index (κ1) is 22.6. The van der Waals surface area contributed by atoms with Gasteiger partial charge in [0, 0.05) is 10.4 Å². The fourth-order valence-electron chi connectivity index (χ4n) is 0. The van der Waals surface area contributed by atoms with Crippen LogP contribution in [-0.4, -0.2) is 17.5 Å². The average Bonchev–Trinajstić information content (AvgIpc) is 1.27. The Kier molecular flexibility index (Phi) is 29.8. The molecule has 0 aromatic heterocycles. The van der Waals surface area contributed by atoms with Crippen molar-refractivity contribution < 1.29 is 76.6 Å². The van der Waals surface area contributed by atoms with E-state index < -0.39 is 10.4 Å². The van der Waals surface area contributed by atoms with Crippen molar-refractivity contribution in [3.05, 3.63) is 12.7 Å². The second-order valence-corrected chi connectivity index (χ2v) is 1.63. The first-order valence-electron chi connectivity index (χ1n) is 1.65. The summed E-state index contributed by atoms with van der Waals surface area (Å²) in [5, 5.41) is 0. The van der Waals surface area contributed by atoms with Gasteiger partial charge in [-0.2, -0.15) is 0 Å². The molecule has 10 heavy (non-hydrogen) atoms. The molecule has 0 aromatic carbocycles. The third-order valence-corrected chi connectivity index (χ3v) is 0. The summed E-state index contributed by atoms with van der Waals surface area (Å²) in [5.74, 6) is 0. The minimum atomic E-state index is -5.17. The molecule has 0 saturated carbocycles. The van der Waals surface area contributed by atoms with E-state index >= 15 is 0 Å². The Morgan fingerprint density at radius 1 is 1.30 bits per heavy atom. The first-order valence-corrected chi connectivity index (χ1v) is 2.99. The molecule has 0 spiro atoms. The number of hydrogen-bond donors (Lipinski definition) is 0. The van der Waals surface area contributed by atoms with Crippen LogP contribution in [0.1, 0.15) is 6.92 Å². The molecule has 0 fully saturated rings. The van der Waals surface area contributed by atoms with Gasteiger partial charge in [-0.3, -0.25) is 8.42 Å². The summed E-state index contributed by atoms with van der Waals surface area (Å²) in [4.78, 5) is 0. The molecular formula is C3H6Na2O4S. The molecule has 0 amide bonds. The molecular weight excluding hydrogens is 178 g/mol. The minimum Gasteiger partial charge on any atom is -0.759 e. The van der Waals surface area contributed by atoms with Crippen LogP contribution >= 0.6 is 0 Å². The van der Waals surface area contributed by atoms with Crippen LogP contribution in [0.3, 0.4) is 0 Å². The van der Waals surface area contributed by atoms with Crippen LogP contribution in [-0.2, 0) is 10.4 Å². The van der Waals surface area contributed by atoms with Crippen LogP contribution in [0, 0.1) is 0 Å². The second kappa shape index (κ2) is 13.2. The Labute approximate surface area is 105 Å². The van der Waals surface area contributed by atoms with Crippen molar-refractivity contribution in [2.75, 3.05) is 0 Å². The molecule has 0 unspecified atom stereocenters. The molecule has 0 saturated heterocycles. The van der Waals surface area contributed by atoms with Crippen LogP contribution in [0.5, 0.6) is 0 Å². The van der Waals surface area contributed by atoms with Gasteiger partial charge >= 0.3 is 59.1 Å². The van der Waals surface area contributed by atoms with Crippen LogP contribution in [0.4, 0.5) is 0 Å². The molecule has 7 heteroatoms. The monoisotopic (exact) mass is 184 g/mol. The minimum absolute atomic E-state index is 0. The fraction of sp³-hybridized carbons (Fsp3) is 0.333. The van der Waals surface area contributed by atoms with E-state index in [-0.39, 0.29) is 59.1 Å². The molecule has 0 rings (SSSR count). The Hall–Kier alpha value is 1.61. The maximum atomic E-state index is 8.52. The van der Waals surface area contributed by atoms with Gasteiger partial charge in [0.1, 0.15) is 0 Å². The van der Waals surface area contributed by atoms with Crippen molar-refractivity contribution in [2.24, 2.45) is 0 Å². The predicted molar refractivity (Wildman–Crippen MR) is 26.3 cm³/mol. The molecule has 0 aliphatic rings. The molecule has 0 N–H and O–H groups in total. The van der Waals surface area contributed by atoms with Gasteiger partial charge in [0.15, 0.2) is 0 Å². The van der Waals surface area contributed by atoms with Gasteiger partial charge in [-0.15, -0.1) is 6.58 Å². The Morgan fingerprint density at radius 2 is 1.30 bits per heavy atom. The van der Waals surface area contributed by atoms with Gasteiger partial charge in [-0.25, -0.2) is 0 Å². The van der Waals surface area contributed by atoms with Gasteiger partial charge < -0.3 is 9.11 Å². The maximum absolute atomic E-state index is 8.52. The van der Waals surface area contributed by atoms with Crippen molar-refractivity contribution >= 4 is 10.4 Å². The molecule has 4 nitrogen and oxygen atoms in total. The normalized spacial score (nSPS) is 7.10. The SMILES string of the molecule is C=CC.O=S(=O)([O-])[O-].[Na+].[Na+]. The summed E-state index contributed by atoms with van der Waals surface area (Å²) >= 11 is 0. The Balaban J connectivity index is -0.0000000326. The third-order valence-electron chi connectivity index (χ3n) is 0. The largest absolute Gasteiger partial charge is 1.00 e. The van der Waals surface area contributed by atoms with E-state index in [4.69, 9.17) is 17.5 Å². The van der Waals surface area contributed by atoms with Crippen molar-refractivity contribution in [1.29, 1.82) is 0 Å². The quantitative estimate of drug-likeness (QED) is 0.162. The average molecular weight is 184 g/mol. The van der Waals surface area contributed by atoms with Crippen LogP contribution < -0.4 is 59.1 Å². The molecule has 0 aromatic rings. The van der Waals surface area contributed by atoms with E-state index in [0.29, 0.717) is 0 Å². The molecule has 0 atom stereocenters. The molecule has 0 radical (unpaired) electrons. The summed E-state index contributed by atoms with van der Waals surface area (Å²) in [6.07, 6.45) is 1.75. The van der Waals surface area contributed by atoms with E-state index in [2.05, 4.69) is 6.58 Å². The van der Waals surface area contributed by atoms with E-state index in [1.807, 2.05) is 6.92 Å². The summed E-state index contributed by atoms with van der Waals surface area (Å²) in [6.45, 7) is 5.25. The zero-order valence-electron chi connectivity index (χ0n) is 6.33. The van der Waals surface area contributed by atoms with Gasteiger partial charge in [-0.1, -0.05) is 6.08 Å². The van der Waals surface area contributed by atoms with Crippen molar-refractivity contribution in [3.8, 4) is 0 Å².